The van der Waals surface area contributed by atoms with Gasteiger partial charge in [-0.25, -0.2) is 13.1 Å². The van der Waals surface area contributed by atoms with Crippen molar-refractivity contribution in [3.63, 3.8) is 0 Å². The molecule has 1 fully saturated rings. The van der Waals surface area contributed by atoms with Gasteiger partial charge in [-0.3, -0.25) is 0 Å². The Morgan fingerprint density at radius 1 is 1.24 bits per heavy atom. The van der Waals surface area contributed by atoms with Crippen LogP contribution in [0.25, 0.3) is 0 Å². The largest absolute Gasteiger partial charge is 0.399 e. The van der Waals surface area contributed by atoms with E-state index in [9.17, 15) is 8.42 Å². The highest BCUT2D eigenvalue weighted by atomic mass is 32.2. The predicted molar refractivity (Wildman–Crippen MR) is 86.7 cm³/mol. The van der Waals surface area contributed by atoms with Crippen molar-refractivity contribution >= 4 is 15.7 Å². The molecule has 0 spiro atoms. The van der Waals surface area contributed by atoms with E-state index in [0.717, 1.165) is 29.9 Å². The molecule has 0 aromatic heterocycles. The molecule has 0 radical (unpaired) electrons. The Balaban J connectivity index is 1.95. The summed E-state index contributed by atoms with van der Waals surface area (Å²) >= 11 is 0. The lowest BCUT2D eigenvalue weighted by molar-refractivity contribution is 0.480. The number of rotatable bonds is 6. The van der Waals surface area contributed by atoms with Gasteiger partial charge >= 0.3 is 0 Å². The van der Waals surface area contributed by atoms with Gasteiger partial charge in [0.05, 0.1) is 4.90 Å². The highest BCUT2D eigenvalue weighted by Crippen LogP contribution is 2.28. The maximum absolute atomic E-state index is 12.4. The van der Waals surface area contributed by atoms with Crippen molar-refractivity contribution < 1.29 is 8.42 Å². The van der Waals surface area contributed by atoms with Crippen molar-refractivity contribution in [2.24, 2.45) is 5.92 Å². The minimum atomic E-state index is -3.46. The second-order valence-corrected chi connectivity index (χ2v) is 7.89. The van der Waals surface area contributed by atoms with Gasteiger partial charge in [-0.05, 0) is 55.9 Å². The first-order valence-corrected chi connectivity index (χ1v) is 9.25. The monoisotopic (exact) mass is 310 g/mol. The number of hydrogen-bond donors (Lipinski definition) is 2. The van der Waals surface area contributed by atoms with Crippen LogP contribution in [0.5, 0.6) is 0 Å². The molecule has 2 rings (SSSR count). The number of nitrogens with two attached hydrogens (primary N) is 1. The smallest absolute Gasteiger partial charge is 0.240 e. The Kier molecular flexibility index (Phi) is 5.27. The molecular formula is C16H26N2O2S. The lowest BCUT2D eigenvalue weighted by Crippen LogP contribution is -2.26. The highest BCUT2D eigenvalue weighted by Gasteiger charge is 2.19. The van der Waals surface area contributed by atoms with Gasteiger partial charge in [0.15, 0.2) is 0 Å². The third-order valence-electron chi connectivity index (χ3n) is 4.49. The fraction of sp³-hybridized carbons (Fsp3) is 0.625. The summed E-state index contributed by atoms with van der Waals surface area (Å²) in [6.07, 6.45) is 7.30. The minimum absolute atomic E-state index is 0.306. The van der Waals surface area contributed by atoms with Crippen LogP contribution in [0.15, 0.2) is 17.0 Å². The van der Waals surface area contributed by atoms with E-state index in [1.807, 2.05) is 13.8 Å². The molecule has 3 N–H and O–H groups in total. The van der Waals surface area contributed by atoms with E-state index in [1.165, 1.54) is 25.7 Å². The standard InChI is InChI=1S/C16H26N2O2S/c1-12-10-15(17)11-16(13(12)2)21(19,20)18-9-5-8-14-6-3-4-7-14/h10-11,14,18H,3-9,17H2,1-2H3. The van der Waals surface area contributed by atoms with E-state index < -0.39 is 10.0 Å². The van der Waals surface area contributed by atoms with Crippen molar-refractivity contribution in [1.82, 2.24) is 4.72 Å². The average Bonchev–Trinajstić information content (AvgIpc) is 2.92. The van der Waals surface area contributed by atoms with E-state index in [4.69, 9.17) is 5.73 Å². The Morgan fingerprint density at radius 3 is 2.57 bits per heavy atom. The fourth-order valence-corrected chi connectivity index (χ4v) is 4.53. The van der Waals surface area contributed by atoms with Crippen molar-refractivity contribution in [2.45, 2.75) is 57.3 Å². The zero-order chi connectivity index (χ0) is 15.5. The molecule has 1 aliphatic carbocycles. The van der Waals surface area contributed by atoms with Crippen molar-refractivity contribution in [3.05, 3.63) is 23.3 Å². The Bertz CT molecular complexity index is 591. The van der Waals surface area contributed by atoms with E-state index in [0.29, 0.717) is 17.1 Å². The van der Waals surface area contributed by atoms with Crippen LogP contribution >= 0.6 is 0 Å². The van der Waals surface area contributed by atoms with Crippen molar-refractivity contribution in [3.8, 4) is 0 Å². The van der Waals surface area contributed by atoms with Gasteiger partial charge in [0.1, 0.15) is 0 Å². The van der Waals surface area contributed by atoms with Crippen LogP contribution in [0.4, 0.5) is 5.69 Å². The molecule has 4 nitrogen and oxygen atoms in total. The number of benzene rings is 1. The Hall–Kier alpha value is -1.07. The third-order valence-corrected chi connectivity index (χ3v) is 6.07. The van der Waals surface area contributed by atoms with Crippen LogP contribution in [0.3, 0.4) is 0 Å². The minimum Gasteiger partial charge on any atom is -0.399 e. The molecular weight excluding hydrogens is 284 g/mol. The molecule has 1 aromatic rings. The van der Waals surface area contributed by atoms with Gasteiger partial charge in [-0.1, -0.05) is 25.7 Å². The SMILES string of the molecule is Cc1cc(N)cc(S(=O)(=O)NCCCC2CCCC2)c1C. The number of nitrogens with one attached hydrogen (secondary N) is 1. The van der Waals surface area contributed by atoms with Crippen LogP contribution < -0.4 is 10.5 Å². The normalized spacial score (nSPS) is 16.5. The van der Waals surface area contributed by atoms with Crippen LogP contribution in [0, 0.1) is 19.8 Å². The summed E-state index contributed by atoms with van der Waals surface area (Å²) < 4.78 is 27.5. The molecule has 0 atom stereocenters. The Labute approximate surface area is 128 Å². The molecule has 0 aliphatic heterocycles. The quantitative estimate of drug-likeness (QED) is 0.626. The zero-order valence-electron chi connectivity index (χ0n) is 13.0. The molecule has 1 aliphatic rings. The molecule has 0 heterocycles. The average molecular weight is 310 g/mol. The van der Waals surface area contributed by atoms with Crippen molar-refractivity contribution in [1.29, 1.82) is 0 Å². The zero-order valence-corrected chi connectivity index (χ0v) is 13.8. The summed E-state index contributed by atoms with van der Waals surface area (Å²) in [5.41, 5.74) is 7.94. The highest BCUT2D eigenvalue weighted by molar-refractivity contribution is 7.89. The maximum Gasteiger partial charge on any atom is 0.240 e. The lowest BCUT2D eigenvalue weighted by atomic mass is 10.0. The predicted octanol–water partition coefficient (Wildman–Crippen LogP) is 3.13. The van der Waals surface area contributed by atoms with E-state index in [-0.39, 0.29) is 0 Å². The lowest BCUT2D eigenvalue weighted by Gasteiger charge is -2.13. The summed E-state index contributed by atoms with van der Waals surface area (Å²) in [6, 6.07) is 3.34. The molecule has 1 saturated carbocycles. The number of nitrogen functional groups attached to an aromatic ring is 1. The maximum atomic E-state index is 12.4. The first kappa shape index (κ1) is 16.3. The van der Waals surface area contributed by atoms with Gasteiger partial charge in [0.25, 0.3) is 0 Å². The molecule has 21 heavy (non-hydrogen) atoms. The summed E-state index contributed by atoms with van der Waals surface area (Å²) in [5, 5.41) is 0. The number of sulfonamides is 1. The molecule has 0 saturated heterocycles. The number of aryl methyl sites for hydroxylation is 1. The number of anilines is 1. The first-order valence-electron chi connectivity index (χ1n) is 7.76. The van der Waals surface area contributed by atoms with E-state index >= 15 is 0 Å². The van der Waals surface area contributed by atoms with Crippen LogP contribution in [0.2, 0.25) is 0 Å². The molecule has 0 amide bonds. The second-order valence-electron chi connectivity index (χ2n) is 6.15. The third kappa shape index (κ3) is 4.20. The summed E-state index contributed by atoms with van der Waals surface area (Å²) in [6.45, 7) is 4.21. The van der Waals surface area contributed by atoms with Gasteiger partial charge in [-0.2, -0.15) is 0 Å². The van der Waals surface area contributed by atoms with Gasteiger partial charge in [0, 0.05) is 12.2 Å². The summed E-state index contributed by atoms with van der Waals surface area (Å²) in [7, 11) is -3.46. The topological polar surface area (TPSA) is 72.2 Å². The fourth-order valence-electron chi connectivity index (χ4n) is 3.11. The van der Waals surface area contributed by atoms with E-state index in [2.05, 4.69) is 4.72 Å². The van der Waals surface area contributed by atoms with Gasteiger partial charge in [0.2, 0.25) is 10.0 Å². The second kappa shape index (κ2) is 6.79. The number of hydrogen-bond acceptors (Lipinski definition) is 3. The molecule has 118 valence electrons. The van der Waals surface area contributed by atoms with Gasteiger partial charge < -0.3 is 5.73 Å². The molecule has 5 heteroatoms. The summed E-state index contributed by atoms with van der Waals surface area (Å²) in [5.74, 6) is 0.797. The first-order chi connectivity index (χ1) is 9.90. The molecule has 1 aromatic carbocycles. The Morgan fingerprint density at radius 2 is 1.90 bits per heavy atom. The molecule has 0 unspecified atom stereocenters. The van der Waals surface area contributed by atoms with Gasteiger partial charge in [-0.15, -0.1) is 0 Å². The van der Waals surface area contributed by atoms with Crippen LogP contribution in [-0.4, -0.2) is 15.0 Å². The van der Waals surface area contributed by atoms with E-state index in [1.54, 1.807) is 12.1 Å². The summed E-state index contributed by atoms with van der Waals surface area (Å²) in [4.78, 5) is 0.306. The van der Waals surface area contributed by atoms with Crippen LogP contribution in [-0.2, 0) is 10.0 Å². The molecule has 0 bridgehead atoms. The van der Waals surface area contributed by atoms with Crippen molar-refractivity contribution in [2.75, 3.05) is 12.3 Å². The van der Waals surface area contributed by atoms with Crippen LogP contribution in [0.1, 0.15) is 49.7 Å².